The zero-order valence-corrected chi connectivity index (χ0v) is 27.6. The van der Waals surface area contributed by atoms with E-state index in [-0.39, 0.29) is 52.3 Å². The largest absolute Gasteiger partial charge is 0.469 e. The SMILES string of the molecule is COC(=O)CCC(C)C1CCC2C3C(C[C@H](O)[C@]12C)[C@@]1(C)CC[C@](O)(C#Cc2ccc(/C=C/C(=O)N=C(N)N)cc2)CC1C[C@H]3O. The van der Waals surface area contributed by atoms with Crippen LogP contribution in [-0.4, -0.2) is 58.1 Å². The topological polar surface area (TPSA) is 168 Å². The van der Waals surface area contributed by atoms with Gasteiger partial charge in [-0.25, -0.2) is 0 Å². The Balaban J connectivity index is 1.28. The maximum atomic E-state index is 11.9. The third-order valence-electron chi connectivity index (χ3n) is 12.6. The van der Waals surface area contributed by atoms with Crippen molar-refractivity contribution < 1.29 is 29.6 Å². The summed E-state index contributed by atoms with van der Waals surface area (Å²) in [6.07, 6.45) is 8.18. The fourth-order valence-electron chi connectivity index (χ4n) is 10.1. The van der Waals surface area contributed by atoms with E-state index in [2.05, 4.69) is 37.6 Å². The van der Waals surface area contributed by atoms with Crippen molar-refractivity contribution in [2.24, 2.45) is 62.8 Å². The van der Waals surface area contributed by atoms with E-state index in [0.29, 0.717) is 38.0 Å². The number of carbonyl (C=O) groups is 2. The molecule has 1 amide bonds. The molecule has 0 saturated heterocycles. The van der Waals surface area contributed by atoms with Gasteiger partial charge in [0.2, 0.25) is 0 Å². The molecule has 5 rings (SSSR count). The Kier molecular flexibility index (Phi) is 9.75. The quantitative estimate of drug-likeness (QED) is 0.104. The lowest BCUT2D eigenvalue weighted by Crippen LogP contribution is -2.63. The van der Waals surface area contributed by atoms with Crippen molar-refractivity contribution >= 4 is 23.9 Å². The lowest BCUT2D eigenvalue weighted by atomic mass is 9.42. The van der Waals surface area contributed by atoms with E-state index in [0.717, 1.165) is 36.8 Å². The van der Waals surface area contributed by atoms with Gasteiger partial charge in [-0.2, -0.15) is 4.99 Å². The van der Waals surface area contributed by atoms with E-state index in [1.54, 1.807) is 6.08 Å². The monoisotopic (exact) mass is 633 g/mol. The number of aliphatic hydroxyl groups excluding tert-OH is 2. The highest BCUT2D eigenvalue weighted by Gasteiger charge is 2.66. The maximum Gasteiger partial charge on any atom is 0.305 e. The smallest absolute Gasteiger partial charge is 0.305 e. The second-order valence-corrected chi connectivity index (χ2v) is 15.0. The van der Waals surface area contributed by atoms with Crippen LogP contribution in [0.1, 0.15) is 89.7 Å². The second kappa shape index (κ2) is 13.1. The molecule has 46 heavy (non-hydrogen) atoms. The summed E-state index contributed by atoms with van der Waals surface area (Å²) in [5.74, 6) is 6.47. The highest BCUT2D eigenvalue weighted by Crippen LogP contribution is 2.68. The number of rotatable bonds is 6. The number of nitrogens with zero attached hydrogens (tertiary/aromatic N) is 1. The van der Waals surface area contributed by atoms with Gasteiger partial charge < -0.3 is 31.5 Å². The molecule has 250 valence electrons. The second-order valence-electron chi connectivity index (χ2n) is 15.0. The summed E-state index contributed by atoms with van der Waals surface area (Å²) in [5.41, 5.74) is 10.5. The number of guanidine groups is 1. The molecular weight excluding hydrogens is 582 g/mol. The molecule has 9 nitrogen and oxygen atoms in total. The molecule has 0 spiro atoms. The van der Waals surface area contributed by atoms with Crippen LogP contribution in [0.25, 0.3) is 6.08 Å². The molecule has 4 saturated carbocycles. The van der Waals surface area contributed by atoms with Gasteiger partial charge in [0.25, 0.3) is 5.91 Å². The molecule has 1 aromatic carbocycles. The Hall–Kier alpha value is -3.19. The molecule has 0 aliphatic heterocycles. The lowest BCUT2D eigenvalue weighted by Gasteiger charge is -2.64. The van der Waals surface area contributed by atoms with Gasteiger partial charge in [-0.05, 0) is 121 Å². The zero-order chi connectivity index (χ0) is 33.4. The minimum atomic E-state index is -1.16. The van der Waals surface area contributed by atoms with Crippen LogP contribution in [0.15, 0.2) is 35.3 Å². The number of carbonyl (C=O) groups excluding carboxylic acids is 2. The standard InChI is InChI=1S/C37H51N3O6/c1-22(5-14-32(44)46-4)26-11-12-27-33-28(20-30(42)36(26,27)3)35(2)17-18-37(45,21-25(35)19-29(33)41)16-15-24-8-6-23(7-9-24)10-13-31(43)40-34(38)39/h6-10,13,22,25-30,33,41-42,45H,5,11-12,14,17-21H2,1-4H3,(H4,38,39,40,43)/b13-10+/t22?,25?,26?,27?,28?,29-,30+,33?,35+,36-,37-/m1/s1. The first-order valence-electron chi connectivity index (χ1n) is 16.8. The number of ether oxygens (including phenoxy) is 1. The Bertz CT molecular complexity index is 1430. The van der Waals surface area contributed by atoms with Crippen molar-refractivity contribution in [3.05, 3.63) is 41.5 Å². The van der Waals surface area contributed by atoms with E-state index >= 15 is 0 Å². The van der Waals surface area contributed by atoms with Gasteiger partial charge in [0.05, 0.1) is 19.3 Å². The Labute approximate surface area is 272 Å². The summed E-state index contributed by atoms with van der Waals surface area (Å²) in [5, 5.41) is 35.3. The molecule has 6 unspecified atom stereocenters. The Morgan fingerprint density at radius 2 is 1.83 bits per heavy atom. The summed E-state index contributed by atoms with van der Waals surface area (Å²) in [4.78, 5) is 27.0. The average molecular weight is 634 g/mol. The van der Waals surface area contributed by atoms with Crippen LogP contribution >= 0.6 is 0 Å². The van der Waals surface area contributed by atoms with E-state index in [1.165, 1.54) is 13.2 Å². The molecule has 9 heteroatoms. The van der Waals surface area contributed by atoms with Crippen LogP contribution in [0.5, 0.6) is 0 Å². The van der Waals surface area contributed by atoms with Crippen molar-refractivity contribution in [3.63, 3.8) is 0 Å². The summed E-state index contributed by atoms with van der Waals surface area (Å²) in [7, 11) is 1.42. The molecule has 0 heterocycles. The van der Waals surface area contributed by atoms with Crippen molar-refractivity contribution in [1.29, 1.82) is 0 Å². The number of benzene rings is 1. The fraction of sp³-hybridized carbons (Fsp3) is 0.649. The molecular formula is C37H51N3O6. The van der Waals surface area contributed by atoms with Crippen LogP contribution in [0.2, 0.25) is 0 Å². The predicted octanol–water partition coefficient (Wildman–Crippen LogP) is 3.77. The van der Waals surface area contributed by atoms with Crippen molar-refractivity contribution in [1.82, 2.24) is 0 Å². The Morgan fingerprint density at radius 1 is 1.11 bits per heavy atom. The maximum absolute atomic E-state index is 11.9. The predicted molar refractivity (Wildman–Crippen MR) is 177 cm³/mol. The fourth-order valence-corrected chi connectivity index (χ4v) is 10.1. The number of methoxy groups -OCH3 is 1. The van der Waals surface area contributed by atoms with Gasteiger partial charge in [0, 0.05) is 18.1 Å². The van der Waals surface area contributed by atoms with Crippen molar-refractivity contribution in [3.8, 4) is 11.8 Å². The van der Waals surface area contributed by atoms with Gasteiger partial charge >= 0.3 is 5.97 Å². The average Bonchev–Trinajstić information content (AvgIpc) is 3.37. The molecule has 0 radical (unpaired) electrons. The minimum Gasteiger partial charge on any atom is -0.469 e. The number of nitrogens with two attached hydrogens (primary N) is 2. The normalized spacial score (nSPS) is 38.8. The molecule has 4 aliphatic rings. The molecule has 0 bridgehead atoms. The lowest BCUT2D eigenvalue weighted by molar-refractivity contribution is -0.211. The van der Waals surface area contributed by atoms with Crippen LogP contribution in [0.4, 0.5) is 0 Å². The first-order chi connectivity index (χ1) is 21.7. The van der Waals surface area contributed by atoms with Crippen molar-refractivity contribution in [2.45, 2.75) is 96.4 Å². The van der Waals surface area contributed by atoms with Crippen LogP contribution in [0.3, 0.4) is 0 Å². The first kappa shape index (κ1) is 34.2. The molecule has 4 aliphatic carbocycles. The highest BCUT2D eigenvalue weighted by molar-refractivity contribution is 5.99. The highest BCUT2D eigenvalue weighted by atomic mass is 16.5. The van der Waals surface area contributed by atoms with Gasteiger partial charge in [-0.1, -0.05) is 44.7 Å². The minimum absolute atomic E-state index is 0.0970. The van der Waals surface area contributed by atoms with Crippen molar-refractivity contribution in [2.75, 3.05) is 7.11 Å². The number of hydrogen-bond donors (Lipinski definition) is 5. The van der Waals surface area contributed by atoms with Gasteiger partial charge in [0.15, 0.2) is 5.96 Å². The summed E-state index contributed by atoms with van der Waals surface area (Å²) < 4.78 is 4.87. The molecule has 4 fully saturated rings. The van der Waals surface area contributed by atoms with E-state index < -0.39 is 23.7 Å². The molecule has 1 aromatic rings. The Morgan fingerprint density at radius 3 is 2.50 bits per heavy atom. The van der Waals surface area contributed by atoms with Gasteiger partial charge in [-0.15, -0.1) is 0 Å². The van der Waals surface area contributed by atoms with Gasteiger partial charge in [-0.3, -0.25) is 9.59 Å². The van der Waals surface area contributed by atoms with E-state index in [1.807, 2.05) is 24.3 Å². The zero-order valence-electron chi connectivity index (χ0n) is 27.6. The number of aliphatic hydroxyl groups is 3. The summed E-state index contributed by atoms with van der Waals surface area (Å²) in [6.45, 7) is 6.75. The number of amides is 1. The number of hydrogen-bond acceptors (Lipinski definition) is 6. The van der Waals surface area contributed by atoms with Crippen LogP contribution in [0, 0.1) is 58.2 Å². The molecule has 7 N–H and O–H groups in total. The molecule has 0 aromatic heterocycles. The third-order valence-corrected chi connectivity index (χ3v) is 12.6. The van der Waals surface area contributed by atoms with E-state index in [9.17, 15) is 24.9 Å². The number of esters is 1. The van der Waals surface area contributed by atoms with Crippen LogP contribution in [-0.2, 0) is 14.3 Å². The summed E-state index contributed by atoms with van der Waals surface area (Å²) >= 11 is 0. The number of fused-ring (bicyclic) bond motifs is 5. The first-order valence-corrected chi connectivity index (χ1v) is 16.8. The number of aliphatic imine (C=N–C) groups is 1. The van der Waals surface area contributed by atoms with Crippen LogP contribution < -0.4 is 11.5 Å². The summed E-state index contributed by atoms with van der Waals surface area (Å²) in [6, 6.07) is 7.35. The van der Waals surface area contributed by atoms with Gasteiger partial charge in [0.1, 0.15) is 5.60 Å². The molecule has 11 atom stereocenters. The van der Waals surface area contributed by atoms with E-state index in [4.69, 9.17) is 16.2 Å². The third kappa shape index (κ3) is 6.49.